The van der Waals surface area contributed by atoms with Gasteiger partial charge in [0.05, 0.1) is 17.8 Å². The van der Waals surface area contributed by atoms with Gasteiger partial charge in [-0.05, 0) is 18.4 Å². The van der Waals surface area contributed by atoms with E-state index >= 15 is 0 Å². The van der Waals surface area contributed by atoms with Crippen molar-refractivity contribution < 1.29 is 9.59 Å². The number of hydrogen-bond acceptors (Lipinski definition) is 4. The zero-order valence-electron chi connectivity index (χ0n) is 15.4. The molecule has 2 aliphatic heterocycles. The number of rotatable bonds is 3. The molecule has 1 unspecified atom stereocenters. The van der Waals surface area contributed by atoms with Gasteiger partial charge in [0.25, 0.3) is 5.91 Å². The van der Waals surface area contributed by atoms with Crippen molar-refractivity contribution >= 4 is 18.0 Å². The molecule has 1 fully saturated rings. The molecule has 140 valence electrons. The molecule has 1 aromatic carbocycles. The Kier molecular flexibility index (Phi) is 4.75. The molecule has 7 nitrogen and oxygen atoms in total. The molecular weight excluding hydrogens is 342 g/mol. The summed E-state index contributed by atoms with van der Waals surface area (Å²) < 4.78 is 1.62. The van der Waals surface area contributed by atoms with Gasteiger partial charge in [0.15, 0.2) is 0 Å². The third-order valence-electron chi connectivity index (χ3n) is 5.32. The highest BCUT2D eigenvalue weighted by Gasteiger charge is 2.35. The minimum Gasteiger partial charge on any atom is -0.339 e. The van der Waals surface area contributed by atoms with E-state index in [1.807, 2.05) is 41.4 Å². The molecule has 2 amide bonds. The van der Waals surface area contributed by atoms with E-state index in [9.17, 15) is 9.59 Å². The zero-order chi connectivity index (χ0) is 18.8. The van der Waals surface area contributed by atoms with E-state index in [1.54, 1.807) is 29.1 Å². The number of carbonyl (C=O) groups is 2. The SMILES string of the molecule is Cn1cc(C(=O)N2CCC(C(=O)N3N=CCC3c3ccccc3)CC2)cn1. The van der Waals surface area contributed by atoms with Crippen molar-refractivity contribution in [2.45, 2.75) is 25.3 Å². The first kappa shape index (κ1) is 17.5. The molecule has 0 N–H and O–H groups in total. The smallest absolute Gasteiger partial charge is 0.257 e. The molecular formula is C20H23N5O2. The number of hydrogen-bond donors (Lipinski definition) is 0. The van der Waals surface area contributed by atoms with E-state index in [-0.39, 0.29) is 23.8 Å². The molecule has 1 aromatic heterocycles. The molecule has 4 rings (SSSR count). The summed E-state index contributed by atoms with van der Waals surface area (Å²) in [6.07, 6.45) is 7.20. The highest BCUT2D eigenvalue weighted by molar-refractivity contribution is 5.94. The van der Waals surface area contributed by atoms with Gasteiger partial charge in [0.2, 0.25) is 5.91 Å². The van der Waals surface area contributed by atoms with Crippen molar-refractivity contribution in [1.29, 1.82) is 0 Å². The van der Waals surface area contributed by atoms with Crippen LogP contribution in [0.2, 0.25) is 0 Å². The summed E-state index contributed by atoms with van der Waals surface area (Å²) >= 11 is 0. The van der Waals surface area contributed by atoms with E-state index in [0.717, 1.165) is 12.0 Å². The molecule has 2 aliphatic rings. The Balaban J connectivity index is 1.38. The van der Waals surface area contributed by atoms with Crippen LogP contribution in [0, 0.1) is 5.92 Å². The zero-order valence-corrected chi connectivity index (χ0v) is 15.4. The molecule has 0 saturated carbocycles. The molecule has 27 heavy (non-hydrogen) atoms. The second-order valence-electron chi connectivity index (χ2n) is 7.11. The van der Waals surface area contributed by atoms with E-state index in [2.05, 4.69) is 10.2 Å². The second kappa shape index (κ2) is 7.34. The molecule has 0 aliphatic carbocycles. The van der Waals surface area contributed by atoms with Crippen LogP contribution < -0.4 is 0 Å². The number of hydrazone groups is 1. The Morgan fingerprint density at radius 2 is 1.85 bits per heavy atom. The summed E-state index contributed by atoms with van der Waals surface area (Å²) in [6.45, 7) is 1.16. The molecule has 0 spiro atoms. The number of carbonyl (C=O) groups excluding carboxylic acids is 2. The lowest BCUT2D eigenvalue weighted by Gasteiger charge is -2.33. The van der Waals surface area contributed by atoms with E-state index in [1.165, 1.54) is 0 Å². The topological polar surface area (TPSA) is 70.8 Å². The lowest BCUT2D eigenvalue weighted by molar-refractivity contribution is -0.138. The quantitative estimate of drug-likeness (QED) is 0.837. The van der Waals surface area contributed by atoms with Gasteiger partial charge in [-0.1, -0.05) is 30.3 Å². The lowest BCUT2D eigenvalue weighted by atomic mass is 9.94. The monoisotopic (exact) mass is 365 g/mol. The highest BCUT2D eigenvalue weighted by Crippen LogP contribution is 2.31. The number of likely N-dealkylation sites (tertiary alicyclic amines) is 1. The molecule has 2 aromatic rings. The van der Waals surface area contributed by atoms with Crippen LogP contribution in [0.3, 0.4) is 0 Å². The fourth-order valence-electron chi connectivity index (χ4n) is 3.81. The van der Waals surface area contributed by atoms with Crippen LogP contribution >= 0.6 is 0 Å². The van der Waals surface area contributed by atoms with E-state index < -0.39 is 0 Å². The lowest BCUT2D eigenvalue weighted by Crippen LogP contribution is -2.43. The fraction of sp³-hybridized carbons (Fsp3) is 0.400. The molecule has 1 saturated heterocycles. The van der Waals surface area contributed by atoms with Crippen molar-refractivity contribution in [3.05, 3.63) is 53.9 Å². The fourth-order valence-corrected chi connectivity index (χ4v) is 3.81. The summed E-state index contributed by atoms with van der Waals surface area (Å²) in [5, 5.41) is 10.0. The van der Waals surface area contributed by atoms with Crippen LogP contribution in [0.25, 0.3) is 0 Å². The molecule has 0 radical (unpaired) electrons. The summed E-state index contributed by atoms with van der Waals surface area (Å²) in [5.41, 5.74) is 1.70. The summed E-state index contributed by atoms with van der Waals surface area (Å²) in [5.74, 6) is -0.0501. The third kappa shape index (κ3) is 3.49. The number of aryl methyl sites for hydroxylation is 1. The van der Waals surface area contributed by atoms with Crippen molar-refractivity contribution in [3.8, 4) is 0 Å². The van der Waals surface area contributed by atoms with Crippen molar-refractivity contribution in [1.82, 2.24) is 19.7 Å². The largest absolute Gasteiger partial charge is 0.339 e. The first-order valence-corrected chi connectivity index (χ1v) is 9.32. The van der Waals surface area contributed by atoms with Crippen molar-refractivity contribution in [2.24, 2.45) is 18.1 Å². The molecule has 3 heterocycles. The summed E-state index contributed by atoms with van der Waals surface area (Å²) in [6, 6.07) is 10.00. The second-order valence-corrected chi connectivity index (χ2v) is 7.11. The van der Waals surface area contributed by atoms with Crippen LogP contribution in [0.15, 0.2) is 47.8 Å². The average molecular weight is 365 g/mol. The predicted octanol–water partition coefficient (Wildman–Crippen LogP) is 2.23. The van der Waals surface area contributed by atoms with Crippen molar-refractivity contribution in [3.63, 3.8) is 0 Å². The first-order valence-electron chi connectivity index (χ1n) is 9.32. The molecule has 0 bridgehead atoms. The van der Waals surface area contributed by atoms with E-state index in [0.29, 0.717) is 31.5 Å². The average Bonchev–Trinajstić information content (AvgIpc) is 3.37. The third-order valence-corrected chi connectivity index (χ3v) is 5.32. The van der Waals surface area contributed by atoms with Crippen LogP contribution in [0.1, 0.15) is 41.2 Å². The Bertz CT molecular complexity index is 852. The van der Waals surface area contributed by atoms with Crippen molar-refractivity contribution in [2.75, 3.05) is 13.1 Å². The van der Waals surface area contributed by atoms with Gasteiger partial charge in [-0.2, -0.15) is 10.2 Å². The van der Waals surface area contributed by atoms with Gasteiger partial charge in [0.1, 0.15) is 0 Å². The Labute approximate surface area is 158 Å². The van der Waals surface area contributed by atoms with Gasteiger partial charge in [-0.3, -0.25) is 14.3 Å². The first-order chi connectivity index (χ1) is 13.1. The maximum Gasteiger partial charge on any atom is 0.257 e. The Morgan fingerprint density at radius 1 is 1.11 bits per heavy atom. The number of nitrogens with zero attached hydrogens (tertiary/aromatic N) is 5. The minimum atomic E-state index is -0.0931. The highest BCUT2D eigenvalue weighted by atomic mass is 16.2. The summed E-state index contributed by atoms with van der Waals surface area (Å²) in [4.78, 5) is 27.4. The van der Waals surface area contributed by atoms with Gasteiger partial charge >= 0.3 is 0 Å². The Morgan fingerprint density at radius 3 is 2.52 bits per heavy atom. The van der Waals surface area contributed by atoms with Gasteiger partial charge in [0, 0.05) is 44.9 Å². The summed E-state index contributed by atoms with van der Waals surface area (Å²) in [7, 11) is 1.79. The number of benzene rings is 1. The van der Waals surface area contributed by atoms with Gasteiger partial charge < -0.3 is 4.90 Å². The Hall–Kier alpha value is -2.96. The number of piperidine rings is 1. The molecule has 7 heteroatoms. The maximum atomic E-state index is 13.0. The van der Waals surface area contributed by atoms with Crippen LogP contribution in [-0.4, -0.2) is 50.8 Å². The number of amides is 2. The normalized spacial score (nSPS) is 20.3. The minimum absolute atomic E-state index is 0.0182. The maximum absolute atomic E-state index is 13.0. The predicted molar refractivity (Wildman–Crippen MR) is 101 cm³/mol. The molecule has 1 atom stereocenters. The van der Waals surface area contributed by atoms with E-state index in [4.69, 9.17) is 0 Å². The number of aromatic nitrogens is 2. The van der Waals surface area contributed by atoms with Crippen LogP contribution in [0.5, 0.6) is 0 Å². The standard InChI is InChI=1S/C20H23N5O2/c1-23-14-17(13-22-23)19(26)24-11-8-16(9-12-24)20(27)25-18(7-10-21-25)15-5-3-2-4-6-15/h2-6,10,13-14,16,18H,7-9,11-12H2,1H3. The van der Waals surface area contributed by atoms with Crippen LogP contribution in [0.4, 0.5) is 0 Å². The van der Waals surface area contributed by atoms with Gasteiger partial charge in [-0.15, -0.1) is 0 Å². The van der Waals surface area contributed by atoms with Gasteiger partial charge in [-0.25, -0.2) is 5.01 Å². The van der Waals surface area contributed by atoms with Crippen LogP contribution in [-0.2, 0) is 11.8 Å².